The molecule has 6 rings (SSSR count). The Balaban J connectivity index is 1.26. The summed E-state index contributed by atoms with van der Waals surface area (Å²) in [6, 6.07) is 5.92. The number of carbonyl (C=O) groups is 1. The van der Waals surface area contributed by atoms with E-state index in [0.717, 1.165) is 73.1 Å². The van der Waals surface area contributed by atoms with Crippen LogP contribution in [0.4, 0.5) is 11.4 Å². The first-order valence-electron chi connectivity index (χ1n) is 12.2. The van der Waals surface area contributed by atoms with Gasteiger partial charge in [0.1, 0.15) is 23.2 Å². The van der Waals surface area contributed by atoms with Crippen LogP contribution in [0.5, 0.6) is 5.75 Å². The quantitative estimate of drug-likeness (QED) is 0.458. The molecular formula is C26H29N7O3. The van der Waals surface area contributed by atoms with Crippen LogP contribution >= 0.6 is 0 Å². The van der Waals surface area contributed by atoms with E-state index in [1.807, 2.05) is 6.92 Å². The maximum atomic E-state index is 13.3. The van der Waals surface area contributed by atoms with Gasteiger partial charge in [-0.15, -0.1) is 0 Å². The van der Waals surface area contributed by atoms with E-state index < -0.39 is 0 Å². The third-order valence-electron chi connectivity index (χ3n) is 6.91. The molecule has 0 atom stereocenters. The van der Waals surface area contributed by atoms with Gasteiger partial charge in [-0.25, -0.2) is 9.50 Å². The van der Waals surface area contributed by atoms with E-state index in [1.54, 1.807) is 35.4 Å². The maximum Gasteiger partial charge on any atom is 0.261 e. The lowest BCUT2D eigenvalue weighted by atomic mass is 10.0. The van der Waals surface area contributed by atoms with Crippen molar-refractivity contribution in [3.05, 3.63) is 65.4 Å². The number of piperazine rings is 1. The van der Waals surface area contributed by atoms with E-state index in [1.165, 1.54) is 0 Å². The molecule has 10 nitrogen and oxygen atoms in total. The van der Waals surface area contributed by atoms with Crippen LogP contribution in [0.3, 0.4) is 0 Å². The third-order valence-corrected chi connectivity index (χ3v) is 6.91. The first-order chi connectivity index (χ1) is 17.4. The molecule has 0 saturated carbocycles. The Labute approximate surface area is 208 Å². The second-order valence-electron chi connectivity index (χ2n) is 10.1. The van der Waals surface area contributed by atoms with Crippen molar-refractivity contribution in [1.29, 1.82) is 0 Å². The van der Waals surface area contributed by atoms with Gasteiger partial charge >= 0.3 is 0 Å². The molecule has 0 aliphatic carbocycles. The fourth-order valence-corrected chi connectivity index (χ4v) is 5.03. The van der Waals surface area contributed by atoms with Crippen molar-refractivity contribution in [3.63, 3.8) is 0 Å². The molecule has 186 valence electrons. The van der Waals surface area contributed by atoms with Crippen LogP contribution in [0, 0.1) is 6.92 Å². The number of benzene rings is 1. The van der Waals surface area contributed by atoms with Gasteiger partial charge in [-0.2, -0.15) is 5.10 Å². The summed E-state index contributed by atoms with van der Waals surface area (Å²) >= 11 is 0. The van der Waals surface area contributed by atoms with E-state index >= 15 is 0 Å². The molecule has 1 saturated heterocycles. The number of fused-ring (bicyclic) bond motifs is 2. The normalized spacial score (nSPS) is 17.2. The molecule has 1 amide bonds. The van der Waals surface area contributed by atoms with Gasteiger partial charge in [0.2, 0.25) is 0 Å². The summed E-state index contributed by atoms with van der Waals surface area (Å²) in [5, 5.41) is 11.4. The number of ether oxygens (including phenoxy) is 1. The Morgan fingerprint density at radius 3 is 2.81 bits per heavy atom. The highest BCUT2D eigenvalue weighted by Crippen LogP contribution is 2.42. The van der Waals surface area contributed by atoms with Crippen molar-refractivity contribution in [2.24, 2.45) is 0 Å². The van der Waals surface area contributed by atoms with Gasteiger partial charge in [0.05, 0.1) is 23.3 Å². The Morgan fingerprint density at radius 1 is 1.19 bits per heavy atom. The summed E-state index contributed by atoms with van der Waals surface area (Å²) in [6.07, 6.45) is 7.51. The lowest BCUT2D eigenvalue weighted by molar-refractivity contribution is 0.102. The van der Waals surface area contributed by atoms with Crippen LogP contribution in [0.1, 0.15) is 41.0 Å². The molecule has 2 aliphatic heterocycles. The summed E-state index contributed by atoms with van der Waals surface area (Å²) in [7, 11) is 0. The number of nitrogens with zero attached hydrogens (tertiary/aromatic N) is 6. The molecule has 1 N–H and O–H groups in total. The Kier molecular flexibility index (Phi) is 5.40. The van der Waals surface area contributed by atoms with Gasteiger partial charge in [0.25, 0.3) is 5.91 Å². The standard InChI is InChI=1S/C26H29N7O3/c1-17-19(16-35-30-17)15-31-7-9-32(10-8-31)22-12-23-18(13-26(2,3)36-23)11-21(22)29-25(34)20-14-28-33-6-4-5-27-24(20)33/h4-6,11-12,14,16H,7-10,13,15H2,1-3H3,(H,29,34). The average Bonchev–Trinajstić information content (AvgIpc) is 3.54. The predicted octanol–water partition coefficient (Wildman–Crippen LogP) is 3.31. The maximum absolute atomic E-state index is 13.3. The molecule has 3 aromatic heterocycles. The minimum absolute atomic E-state index is 0.232. The fraction of sp³-hybridized carbons (Fsp3) is 0.385. The second-order valence-corrected chi connectivity index (χ2v) is 10.1. The van der Waals surface area contributed by atoms with Crippen molar-refractivity contribution in [2.45, 2.75) is 39.3 Å². The Hall–Kier alpha value is -3.92. The molecule has 10 heteroatoms. The molecule has 1 fully saturated rings. The smallest absolute Gasteiger partial charge is 0.261 e. The van der Waals surface area contributed by atoms with Crippen LogP contribution < -0.4 is 15.0 Å². The molecule has 0 bridgehead atoms. The molecule has 0 spiro atoms. The zero-order valence-corrected chi connectivity index (χ0v) is 20.7. The zero-order chi connectivity index (χ0) is 24.9. The van der Waals surface area contributed by atoms with Crippen molar-refractivity contribution in [3.8, 4) is 5.75 Å². The summed E-state index contributed by atoms with van der Waals surface area (Å²) in [4.78, 5) is 22.4. The van der Waals surface area contributed by atoms with Crippen molar-refractivity contribution >= 4 is 22.9 Å². The van der Waals surface area contributed by atoms with Gasteiger partial charge in [0, 0.05) is 68.7 Å². The van der Waals surface area contributed by atoms with Crippen LogP contribution in [0.2, 0.25) is 0 Å². The monoisotopic (exact) mass is 487 g/mol. The highest BCUT2D eigenvalue weighted by Gasteiger charge is 2.32. The van der Waals surface area contributed by atoms with Gasteiger partial charge in [-0.05, 0) is 32.9 Å². The van der Waals surface area contributed by atoms with Gasteiger partial charge < -0.3 is 19.5 Å². The lowest BCUT2D eigenvalue weighted by Crippen LogP contribution is -2.46. The summed E-state index contributed by atoms with van der Waals surface area (Å²) < 4.78 is 12.9. The van der Waals surface area contributed by atoms with Gasteiger partial charge in [-0.1, -0.05) is 5.16 Å². The number of amides is 1. The van der Waals surface area contributed by atoms with Crippen LogP contribution in [-0.4, -0.2) is 62.3 Å². The number of aryl methyl sites for hydroxylation is 1. The number of hydrogen-bond acceptors (Lipinski definition) is 8. The molecule has 2 aliphatic rings. The summed E-state index contributed by atoms with van der Waals surface area (Å²) in [5.74, 6) is 0.651. The Bertz CT molecular complexity index is 1430. The molecule has 4 aromatic rings. The second kappa shape index (κ2) is 8.63. The van der Waals surface area contributed by atoms with Crippen molar-refractivity contribution in [2.75, 3.05) is 36.4 Å². The number of carbonyl (C=O) groups excluding carboxylic acids is 1. The minimum atomic E-state index is -0.274. The fourth-order valence-electron chi connectivity index (χ4n) is 5.03. The number of rotatable bonds is 5. The van der Waals surface area contributed by atoms with Crippen molar-refractivity contribution < 1.29 is 14.1 Å². The minimum Gasteiger partial charge on any atom is -0.487 e. The zero-order valence-electron chi connectivity index (χ0n) is 20.7. The number of hydrogen-bond donors (Lipinski definition) is 1. The van der Waals surface area contributed by atoms with Crippen LogP contribution in [0.15, 0.2) is 47.6 Å². The first kappa shape index (κ1) is 22.5. The molecule has 36 heavy (non-hydrogen) atoms. The summed E-state index contributed by atoms with van der Waals surface area (Å²) in [5.41, 5.74) is 5.58. The highest BCUT2D eigenvalue weighted by atomic mass is 16.5. The van der Waals surface area contributed by atoms with Crippen molar-refractivity contribution in [1.82, 2.24) is 24.7 Å². The van der Waals surface area contributed by atoms with E-state index in [4.69, 9.17) is 9.26 Å². The van der Waals surface area contributed by atoms with E-state index in [0.29, 0.717) is 11.2 Å². The molecular weight excluding hydrogens is 458 g/mol. The number of anilines is 2. The predicted molar refractivity (Wildman–Crippen MR) is 135 cm³/mol. The molecule has 0 unspecified atom stereocenters. The molecule has 0 radical (unpaired) electrons. The van der Waals surface area contributed by atoms with E-state index in [-0.39, 0.29) is 11.5 Å². The van der Waals surface area contributed by atoms with E-state index in [9.17, 15) is 4.79 Å². The summed E-state index contributed by atoms with van der Waals surface area (Å²) in [6.45, 7) is 10.4. The SMILES string of the molecule is Cc1nocc1CN1CCN(c2cc3c(cc2NC(=O)c2cnn4cccnc24)CC(C)(C)O3)CC1. The topological polar surface area (TPSA) is 101 Å². The molecule has 1 aromatic carbocycles. The average molecular weight is 488 g/mol. The number of nitrogens with one attached hydrogen (secondary N) is 1. The number of aromatic nitrogens is 4. The first-order valence-corrected chi connectivity index (χ1v) is 12.2. The third kappa shape index (κ3) is 4.17. The Morgan fingerprint density at radius 2 is 2.03 bits per heavy atom. The van der Waals surface area contributed by atoms with Gasteiger partial charge in [0.15, 0.2) is 5.65 Å². The van der Waals surface area contributed by atoms with Gasteiger partial charge in [-0.3, -0.25) is 9.69 Å². The highest BCUT2D eigenvalue weighted by molar-refractivity contribution is 6.09. The van der Waals surface area contributed by atoms with E-state index in [2.05, 4.69) is 56.3 Å². The molecule has 5 heterocycles. The lowest BCUT2D eigenvalue weighted by Gasteiger charge is -2.37. The largest absolute Gasteiger partial charge is 0.487 e. The van der Waals surface area contributed by atoms with Crippen LogP contribution in [0.25, 0.3) is 5.65 Å². The van der Waals surface area contributed by atoms with Crippen LogP contribution in [-0.2, 0) is 13.0 Å².